The molecule has 0 fully saturated rings. The van der Waals surface area contributed by atoms with E-state index in [2.05, 4.69) is 217 Å². The van der Waals surface area contributed by atoms with Crippen molar-refractivity contribution in [1.29, 1.82) is 0 Å². The van der Waals surface area contributed by atoms with E-state index >= 15 is 0 Å². The van der Waals surface area contributed by atoms with Gasteiger partial charge in [-0.25, -0.2) is 0 Å². The van der Waals surface area contributed by atoms with E-state index in [1.165, 1.54) is 83.0 Å². The highest BCUT2D eigenvalue weighted by Crippen LogP contribution is 2.51. The van der Waals surface area contributed by atoms with Crippen molar-refractivity contribution < 1.29 is 0 Å². The minimum atomic E-state index is -0.112. The van der Waals surface area contributed by atoms with Gasteiger partial charge in [0.15, 0.2) is 0 Å². The molecule has 0 unspecified atom stereocenters. The van der Waals surface area contributed by atoms with Gasteiger partial charge < -0.3 is 9.47 Å². The zero-order valence-electron chi connectivity index (χ0n) is 33.0. The summed E-state index contributed by atoms with van der Waals surface area (Å²) < 4.78 is 2.51. The molecule has 58 heavy (non-hydrogen) atoms. The Morgan fingerprint density at radius 2 is 1.22 bits per heavy atom. The average Bonchev–Trinajstić information content (AvgIpc) is 3.71. The topological polar surface area (TPSA) is 8.17 Å². The van der Waals surface area contributed by atoms with Crippen molar-refractivity contribution in [3.8, 4) is 33.4 Å². The molecule has 278 valence electrons. The summed E-state index contributed by atoms with van der Waals surface area (Å²) in [5.74, 6) is 0. The van der Waals surface area contributed by atoms with Crippen LogP contribution in [0.2, 0.25) is 0 Å². The molecule has 2 nitrogen and oxygen atoms in total. The molecule has 11 rings (SSSR count). The maximum absolute atomic E-state index is 2.51. The van der Waals surface area contributed by atoms with Gasteiger partial charge in [0, 0.05) is 45.3 Å². The smallest absolute Gasteiger partial charge is 0.0540 e. The summed E-state index contributed by atoms with van der Waals surface area (Å²) in [6.45, 7) is 5.60. The van der Waals surface area contributed by atoms with Crippen LogP contribution in [0, 0.1) is 0 Å². The van der Waals surface area contributed by atoms with E-state index in [-0.39, 0.29) is 5.41 Å². The maximum atomic E-state index is 2.51. The lowest BCUT2D eigenvalue weighted by atomic mass is 9.82. The van der Waals surface area contributed by atoms with Crippen molar-refractivity contribution >= 4 is 44.8 Å². The second-order valence-corrected chi connectivity index (χ2v) is 16.4. The predicted molar refractivity (Wildman–Crippen MR) is 245 cm³/mol. The number of rotatable bonds is 7. The number of benzene rings is 8. The molecule has 0 bridgehead atoms. The third kappa shape index (κ3) is 5.55. The molecule has 0 aliphatic heterocycles. The van der Waals surface area contributed by atoms with Crippen LogP contribution in [0.15, 0.2) is 188 Å². The van der Waals surface area contributed by atoms with E-state index in [9.17, 15) is 0 Å². The highest BCUT2D eigenvalue weighted by Gasteiger charge is 2.36. The zero-order valence-corrected chi connectivity index (χ0v) is 33.0. The first kappa shape index (κ1) is 34.4. The lowest BCUT2D eigenvalue weighted by Crippen LogP contribution is -2.16. The minimum Gasteiger partial charge on any atom is -0.336 e. The molecule has 0 atom stereocenters. The van der Waals surface area contributed by atoms with E-state index in [4.69, 9.17) is 0 Å². The van der Waals surface area contributed by atoms with Gasteiger partial charge in [-0.1, -0.05) is 159 Å². The molecular weight excluding hydrogens is 701 g/mol. The monoisotopic (exact) mass is 744 g/mol. The lowest BCUT2D eigenvalue weighted by molar-refractivity contribution is 0.660. The molecule has 0 saturated heterocycles. The van der Waals surface area contributed by atoms with Crippen molar-refractivity contribution in [1.82, 2.24) is 4.57 Å². The molecule has 1 heterocycles. The summed E-state index contributed by atoms with van der Waals surface area (Å²) in [7, 11) is 0. The number of anilines is 3. The summed E-state index contributed by atoms with van der Waals surface area (Å²) in [5, 5.41) is 3.83. The molecule has 0 saturated carbocycles. The predicted octanol–water partition coefficient (Wildman–Crippen LogP) is 14.9. The second kappa shape index (κ2) is 13.6. The largest absolute Gasteiger partial charge is 0.336 e. The second-order valence-electron chi connectivity index (χ2n) is 16.4. The SMILES string of the molecule is CC1(C)c2ccccc2-c2ccc(N(c3cccc(-c4ccccc4)c3)c3ccc(-c4ccc5c(c4)c4c(n5Cc5ccccc5)C=CCC4)c4ccccc34)cc21. The Bertz CT molecular complexity index is 3060. The standard InChI is InChI=1S/C56H44N2/c1-56(2)51-26-13-11-23-46(51)47-30-29-43(36-52(47)56)58(42-21-15-20-40(34-42)39-18-7-4-8-19-39)55-33-31-44(45-22-9-10-24-48(45)55)41-28-32-54-50(35-41)49-25-12-14-27-53(49)57(54)37-38-16-5-3-6-17-38/h3-11,13-24,26-36H,12,25,37H2,1-2H3. The summed E-state index contributed by atoms with van der Waals surface area (Å²) in [4.78, 5) is 2.48. The summed E-state index contributed by atoms with van der Waals surface area (Å²) in [6, 6.07) is 67.4. The van der Waals surface area contributed by atoms with Gasteiger partial charge in [-0.05, 0) is 122 Å². The van der Waals surface area contributed by atoms with Gasteiger partial charge in [-0.15, -0.1) is 0 Å². The van der Waals surface area contributed by atoms with Gasteiger partial charge in [-0.3, -0.25) is 0 Å². The van der Waals surface area contributed by atoms with Crippen molar-refractivity contribution in [3.63, 3.8) is 0 Å². The van der Waals surface area contributed by atoms with Gasteiger partial charge in [0.2, 0.25) is 0 Å². The quantitative estimate of drug-likeness (QED) is 0.158. The lowest BCUT2D eigenvalue weighted by Gasteiger charge is -2.30. The van der Waals surface area contributed by atoms with Crippen LogP contribution in [-0.4, -0.2) is 4.57 Å². The Kier molecular flexibility index (Phi) is 8.08. The molecule has 1 aromatic heterocycles. The van der Waals surface area contributed by atoms with Crippen molar-refractivity contribution in [2.75, 3.05) is 4.90 Å². The first-order valence-electron chi connectivity index (χ1n) is 20.6. The maximum Gasteiger partial charge on any atom is 0.0540 e. The Morgan fingerprint density at radius 1 is 0.517 bits per heavy atom. The minimum absolute atomic E-state index is 0.112. The molecule has 8 aromatic carbocycles. The zero-order chi connectivity index (χ0) is 38.8. The van der Waals surface area contributed by atoms with Crippen molar-refractivity contribution in [2.45, 2.75) is 38.6 Å². The molecule has 0 spiro atoms. The van der Waals surface area contributed by atoms with Crippen LogP contribution in [0.4, 0.5) is 17.1 Å². The number of allylic oxidation sites excluding steroid dienone is 1. The first-order chi connectivity index (χ1) is 28.5. The molecule has 0 amide bonds. The molecule has 0 radical (unpaired) electrons. The molecule has 9 aromatic rings. The van der Waals surface area contributed by atoms with Gasteiger partial charge in [0.25, 0.3) is 0 Å². The van der Waals surface area contributed by atoms with E-state index in [0.717, 1.165) is 36.4 Å². The number of aryl methyl sites for hydroxylation is 1. The van der Waals surface area contributed by atoms with Gasteiger partial charge in [0.1, 0.15) is 0 Å². The van der Waals surface area contributed by atoms with Crippen LogP contribution in [0.3, 0.4) is 0 Å². The van der Waals surface area contributed by atoms with Gasteiger partial charge >= 0.3 is 0 Å². The van der Waals surface area contributed by atoms with E-state index in [1.807, 2.05) is 0 Å². The Labute approximate surface area is 341 Å². The Morgan fingerprint density at radius 3 is 2.09 bits per heavy atom. The van der Waals surface area contributed by atoms with Crippen LogP contribution in [-0.2, 0) is 18.4 Å². The number of nitrogens with zero attached hydrogens (tertiary/aromatic N) is 2. The van der Waals surface area contributed by atoms with E-state index < -0.39 is 0 Å². The number of hydrogen-bond acceptors (Lipinski definition) is 1. The number of aromatic nitrogens is 1. The fraction of sp³-hybridized carbons (Fsp3) is 0.107. The van der Waals surface area contributed by atoms with Crippen LogP contribution in [0.25, 0.3) is 61.1 Å². The van der Waals surface area contributed by atoms with Gasteiger partial charge in [0.05, 0.1) is 5.69 Å². The highest BCUT2D eigenvalue weighted by molar-refractivity contribution is 6.07. The van der Waals surface area contributed by atoms with Crippen LogP contribution < -0.4 is 4.90 Å². The third-order valence-electron chi connectivity index (χ3n) is 12.7. The third-order valence-corrected chi connectivity index (χ3v) is 12.7. The van der Waals surface area contributed by atoms with Crippen LogP contribution in [0.5, 0.6) is 0 Å². The van der Waals surface area contributed by atoms with Crippen LogP contribution in [0.1, 0.15) is 48.2 Å². The summed E-state index contributed by atoms with van der Waals surface area (Å²) >= 11 is 0. The number of fused-ring (bicyclic) bond motifs is 7. The average molecular weight is 745 g/mol. The Balaban J connectivity index is 1.08. The van der Waals surface area contributed by atoms with Gasteiger partial charge in [-0.2, -0.15) is 0 Å². The summed E-state index contributed by atoms with van der Waals surface area (Å²) in [5.41, 5.74) is 19.1. The molecule has 2 aliphatic carbocycles. The van der Waals surface area contributed by atoms with E-state index in [0.29, 0.717) is 0 Å². The normalized spacial score (nSPS) is 13.7. The number of hydrogen-bond donors (Lipinski definition) is 0. The first-order valence-corrected chi connectivity index (χ1v) is 20.6. The molecule has 2 heteroatoms. The molecule has 0 N–H and O–H groups in total. The van der Waals surface area contributed by atoms with Crippen molar-refractivity contribution in [3.05, 3.63) is 216 Å². The molecule has 2 aliphatic rings. The fourth-order valence-corrected chi connectivity index (χ4v) is 9.87. The van der Waals surface area contributed by atoms with Crippen molar-refractivity contribution in [2.24, 2.45) is 0 Å². The Hall–Kier alpha value is -6.90. The fourth-order valence-electron chi connectivity index (χ4n) is 9.87. The van der Waals surface area contributed by atoms with E-state index in [1.54, 1.807) is 0 Å². The molecular formula is C56H44N2. The highest BCUT2D eigenvalue weighted by atomic mass is 15.1. The summed E-state index contributed by atoms with van der Waals surface area (Å²) in [6.07, 6.45) is 6.81. The van der Waals surface area contributed by atoms with Crippen LogP contribution >= 0.6 is 0 Å².